The Hall–Kier alpha value is -1.96. The molecule has 0 aliphatic carbocycles. The molecular formula is C15H12ClNO2S. The van der Waals surface area contributed by atoms with E-state index in [1.165, 1.54) is 0 Å². The minimum atomic E-state index is -3.46. The smallest absolute Gasteiger partial charge is 0.206 e. The van der Waals surface area contributed by atoms with Crippen LogP contribution in [0.5, 0.6) is 0 Å². The van der Waals surface area contributed by atoms with Crippen LogP contribution in [-0.2, 0) is 10.0 Å². The van der Waals surface area contributed by atoms with Gasteiger partial charge in [-0.2, -0.15) is 4.31 Å². The molecule has 0 spiro atoms. The Morgan fingerprint density at radius 1 is 1.00 bits per heavy atom. The van der Waals surface area contributed by atoms with Crippen molar-refractivity contribution in [3.8, 4) is 12.0 Å². The van der Waals surface area contributed by atoms with Gasteiger partial charge in [-0.05, 0) is 42.3 Å². The Kier molecular flexibility index (Phi) is 4.33. The Labute approximate surface area is 123 Å². The molecule has 5 heteroatoms. The maximum Gasteiger partial charge on any atom is 0.243 e. The van der Waals surface area contributed by atoms with Crippen LogP contribution in [0, 0.1) is 12.0 Å². The van der Waals surface area contributed by atoms with Gasteiger partial charge in [0.05, 0.1) is 11.9 Å². The first kappa shape index (κ1) is 14.4. The normalized spacial score (nSPS) is 10.5. The van der Waals surface area contributed by atoms with E-state index in [-0.39, 0.29) is 0 Å². The van der Waals surface area contributed by atoms with Crippen LogP contribution >= 0.6 is 11.6 Å². The van der Waals surface area contributed by atoms with Crippen molar-refractivity contribution < 1.29 is 8.42 Å². The topological polar surface area (TPSA) is 37.4 Å². The zero-order chi connectivity index (χ0) is 14.6. The highest BCUT2D eigenvalue weighted by atomic mass is 35.5. The monoisotopic (exact) mass is 305 g/mol. The molecule has 0 aromatic heterocycles. The number of benzene rings is 2. The van der Waals surface area contributed by atoms with Gasteiger partial charge in [0.2, 0.25) is 10.0 Å². The van der Waals surface area contributed by atoms with Gasteiger partial charge in [0, 0.05) is 16.6 Å². The second kappa shape index (κ2) is 6.00. The molecule has 0 unspecified atom stereocenters. The molecule has 2 rings (SSSR count). The maximum atomic E-state index is 11.8. The molecule has 0 saturated heterocycles. The summed E-state index contributed by atoms with van der Waals surface area (Å²) < 4.78 is 24.7. The van der Waals surface area contributed by atoms with Crippen LogP contribution in [-0.4, -0.2) is 14.7 Å². The highest BCUT2D eigenvalue weighted by molar-refractivity contribution is 7.92. The van der Waals surface area contributed by atoms with Gasteiger partial charge in [0.1, 0.15) is 0 Å². The fraction of sp³-hybridized carbons (Fsp3) is 0.0667. The lowest BCUT2D eigenvalue weighted by atomic mass is 10.2. The molecule has 0 atom stereocenters. The van der Waals surface area contributed by atoms with E-state index in [1.807, 2.05) is 6.07 Å². The van der Waals surface area contributed by atoms with Gasteiger partial charge in [-0.25, -0.2) is 8.42 Å². The average molecular weight is 306 g/mol. The molecule has 0 radical (unpaired) electrons. The summed E-state index contributed by atoms with van der Waals surface area (Å²) in [5.41, 5.74) is 1.20. The summed E-state index contributed by atoms with van der Waals surface area (Å²) in [6.07, 6.45) is 1.12. The first-order valence-electron chi connectivity index (χ1n) is 5.79. The standard InChI is InChI=1S/C15H12ClNO2S/c1-20(18,19)17(15-5-3-2-4-6-15)12-11-13-7-9-14(16)10-8-13/h2-10H,1H3. The Balaban J connectivity index is 2.38. The van der Waals surface area contributed by atoms with Crippen molar-refractivity contribution >= 4 is 27.3 Å². The SMILES string of the molecule is CS(=O)(=O)N(C#Cc1ccc(Cl)cc1)c1ccccc1. The van der Waals surface area contributed by atoms with Crippen molar-refractivity contribution in [1.29, 1.82) is 0 Å². The number of rotatable bonds is 2. The summed E-state index contributed by atoms with van der Waals surface area (Å²) in [4.78, 5) is 0. The number of halogens is 1. The van der Waals surface area contributed by atoms with E-state index in [4.69, 9.17) is 11.6 Å². The van der Waals surface area contributed by atoms with E-state index >= 15 is 0 Å². The molecule has 2 aromatic rings. The van der Waals surface area contributed by atoms with Crippen molar-refractivity contribution in [2.24, 2.45) is 0 Å². The summed E-state index contributed by atoms with van der Waals surface area (Å²) in [7, 11) is -3.46. The van der Waals surface area contributed by atoms with Crippen LogP contribution in [0.1, 0.15) is 5.56 Å². The van der Waals surface area contributed by atoms with Gasteiger partial charge in [-0.3, -0.25) is 0 Å². The van der Waals surface area contributed by atoms with Crippen molar-refractivity contribution in [2.45, 2.75) is 0 Å². The van der Waals surface area contributed by atoms with E-state index in [0.717, 1.165) is 10.6 Å². The molecule has 20 heavy (non-hydrogen) atoms. The zero-order valence-electron chi connectivity index (χ0n) is 10.7. The minimum absolute atomic E-state index is 0.511. The van der Waals surface area contributed by atoms with Crippen molar-refractivity contribution in [3.05, 3.63) is 65.2 Å². The Morgan fingerprint density at radius 3 is 2.15 bits per heavy atom. The zero-order valence-corrected chi connectivity index (χ0v) is 12.3. The summed E-state index contributed by atoms with van der Waals surface area (Å²) in [5.74, 6) is 2.82. The molecule has 0 heterocycles. The average Bonchev–Trinajstić information content (AvgIpc) is 2.41. The molecule has 0 N–H and O–H groups in total. The highest BCUT2D eigenvalue weighted by Crippen LogP contribution is 2.15. The third-order valence-electron chi connectivity index (χ3n) is 2.47. The quantitative estimate of drug-likeness (QED) is 0.631. The maximum absolute atomic E-state index is 11.8. The third kappa shape index (κ3) is 3.77. The van der Waals surface area contributed by atoms with Gasteiger partial charge in [0.15, 0.2) is 0 Å². The number of sulfonamides is 1. The molecular weight excluding hydrogens is 294 g/mol. The minimum Gasteiger partial charge on any atom is -0.206 e. The van der Waals surface area contributed by atoms with Gasteiger partial charge in [-0.1, -0.05) is 29.8 Å². The number of hydrogen-bond donors (Lipinski definition) is 0. The van der Waals surface area contributed by atoms with E-state index in [2.05, 4.69) is 12.0 Å². The fourth-order valence-electron chi connectivity index (χ4n) is 1.55. The number of para-hydroxylation sites is 1. The van der Waals surface area contributed by atoms with Crippen LogP contribution in [0.2, 0.25) is 5.02 Å². The van der Waals surface area contributed by atoms with E-state index in [9.17, 15) is 8.42 Å². The first-order chi connectivity index (χ1) is 9.47. The van der Waals surface area contributed by atoms with Gasteiger partial charge >= 0.3 is 0 Å². The summed E-state index contributed by atoms with van der Waals surface area (Å²) in [6.45, 7) is 0. The van der Waals surface area contributed by atoms with Gasteiger partial charge in [0.25, 0.3) is 0 Å². The van der Waals surface area contributed by atoms with Crippen molar-refractivity contribution in [2.75, 3.05) is 10.6 Å². The summed E-state index contributed by atoms with van der Waals surface area (Å²) in [5, 5.41) is 0.610. The predicted molar refractivity (Wildman–Crippen MR) is 82.1 cm³/mol. The highest BCUT2D eigenvalue weighted by Gasteiger charge is 2.14. The van der Waals surface area contributed by atoms with E-state index in [1.54, 1.807) is 48.5 Å². The second-order valence-electron chi connectivity index (χ2n) is 4.11. The second-order valence-corrected chi connectivity index (χ2v) is 6.37. The van der Waals surface area contributed by atoms with E-state index in [0.29, 0.717) is 16.3 Å². The van der Waals surface area contributed by atoms with Crippen LogP contribution in [0.4, 0.5) is 5.69 Å². The largest absolute Gasteiger partial charge is 0.243 e. The third-order valence-corrected chi connectivity index (χ3v) is 3.69. The number of nitrogens with zero attached hydrogens (tertiary/aromatic N) is 1. The van der Waals surface area contributed by atoms with Crippen LogP contribution in [0.3, 0.4) is 0 Å². The lowest BCUT2D eigenvalue weighted by Crippen LogP contribution is -2.24. The van der Waals surface area contributed by atoms with Gasteiger partial charge < -0.3 is 0 Å². The molecule has 0 amide bonds. The molecule has 3 nitrogen and oxygen atoms in total. The first-order valence-corrected chi connectivity index (χ1v) is 8.02. The number of hydrogen-bond acceptors (Lipinski definition) is 2. The lowest BCUT2D eigenvalue weighted by molar-refractivity contribution is 0.602. The molecule has 0 aliphatic heterocycles. The van der Waals surface area contributed by atoms with Crippen LogP contribution in [0.15, 0.2) is 54.6 Å². The fourth-order valence-corrected chi connectivity index (χ4v) is 2.39. The van der Waals surface area contributed by atoms with Crippen LogP contribution in [0.25, 0.3) is 0 Å². The lowest BCUT2D eigenvalue weighted by Gasteiger charge is -2.14. The Morgan fingerprint density at radius 2 is 1.60 bits per heavy atom. The summed E-state index contributed by atoms with van der Waals surface area (Å²) in [6, 6.07) is 18.3. The van der Waals surface area contributed by atoms with Gasteiger partial charge in [-0.15, -0.1) is 0 Å². The number of anilines is 1. The molecule has 102 valence electrons. The van der Waals surface area contributed by atoms with E-state index < -0.39 is 10.0 Å². The predicted octanol–water partition coefficient (Wildman–Crippen LogP) is 3.12. The molecule has 2 aromatic carbocycles. The molecule has 0 saturated carbocycles. The van der Waals surface area contributed by atoms with Crippen LogP contribution < -0.4 is 4.31 Å². The van der Waals surface area contributed by atoms with Crippen molar-refractivity contribution in [1.82, 2.24) is 0 Å². The molecule has 0 bridgehead atoms. The summed E-state index contributed by atoms with van der Waals surface area (Å²) >= 11 is 5.79. The molecule has 0 aliphatic rings. The molecule has 0 fully saturated rings. The van der Waals surface area contributed by atoms with Crippen molar-refractivity contribution in [3.63, 3.8) is 0 Å². The Bertz CT molecular complexity index is 744.